The quantitative estimate of drug-likeness (QED) is 0.770. The van der Waals surface area contributed by atoms with Gasteiger partial charge in [0, 0.05) is 18.7 Å². The summed E-state index contributed by atoms with van der Waals surface area (Å²) in [6, 6.07) is 0. The van der Waals surface area contributed by atoms with Gasteiger partial charge in [0.25, 0.3) is 0 Å². The van der Waals surface area contributed by atoms with Gasteiger partial charge in [0.2, 0.25) is 0 Å². The Morgan fingerprint density at radius 3 is 2.17 bits per heavy atom. The van der Waals surface area contributed by atoms with E-state index >= 15 is 0 Å². The van der Waals surface area contributed by atoms with Crippen LogP contribution in [0.15, 0.2) is 6.33 Å². The van der Waals surface area contributed by atoms with Crippen LogP contribution >= 0.6 is 0 Å². The van der Waals surface area contributed by atoms with E-state index < -0.39 is 0 Å². The van der Waals surface area contributed by atoms with Crippen LogP contribution in [0.25, 0.3) is 0 Å². The predicted molar refractivity (Wildman–Crippen MR) is 77.9 cm³/mol. The first-order valence-electron chi connectivity index (χ1n) is 7.08. The largest absolute Gasteiger partial charge is 0.383 e. The van der Waals surface area contributed by atoms with Crippen molar-refractivity contribution in [3.63, 3.8) is 0 Å². The number of nitrogens with zero attached hydrogens (tertiary/aromatic N) is 3. The molecule has 0 aromatic carbocycles. The Labute approximate surface area is 111 Å². The Bertz CT molecular complexity index is 344. The van der Waals surface area contributed by atoms with Crippen LogP contribution < -0.4 is 10.6 Å². The van der Waals surface area contributed by atoms with E-state index in [1.807, 2.05) is 0 Å². The highest BCUT2D eigenvalue weighted by molar-refractivity contribution is 5.56. The lowest BCUT2D eigenvalue weighted by atomic mass is 10.2. The van der Waals surface area contributed by atoms with Crippen molar-refractivity contribution in [3.8, 4) is 0 Å². The predicted octanol–water partition coefficient (Wildman–Crippen LogP) is 3.03. The van der Waals surface area contributed by atoms with Gasteiger partial charge in [-0.25, -0.2) is 9.97 Å². The molecule has 4 nitrogen and oxygen atoms in total. The van der Waals surface area contributed by atoms with Crippen molar-refractivity contribution in [2.45, 2.75) is 52.9 Å². The summed E-state index contributed by atoms with van der Waals surface area (Å²) >= 11 is 0. The first-order chi connectivity index (χ1) is 8.74. The molecule has 0 bridgehead atoms. The molecule has 0 fully saturated rings. The Morgan fingerprint density at radius 1 is 1.06 bits per heavy atom. The van der Waals surface area contributed by atoms with E-state index in [4.69, 9.17) is 5.73 Å². The van der Waals surface area contributed by atoms with Crippen molar-refractivity contribution in [1.29, 1.82) is 0 Å². The molecule has 4 heteroatoms. The maximum atomic E-state index is 5.95. The topological polar surface area (TPSA) is 55.0 Å². The molecule has 1 rings (SSSR count). The molecule has 0 radical (unpaired) electrons. The summed E-state index contributed by atoms with van der Waals surface area (Å²) in [5.41, 5.74) is 7.04. The van der Waals surface area contributed by atoms with Gasteiger partial charge in [-0.2, -0.15) is 0 Å². The third kappa shape index (κ3) is 3.86. The van der Waals surface area contributed by atoms with Gasteiger partial charge in [-0.05, 0) is 19.3 Å². The van der Waals surface area contributed by atoms with E-state index in [1.54, 1.807) is 6.33 Å². The SMILES string of the molecule is CCCCN(CCCC)c1ncnc(N)c1CC. The molecule has 0 unspecified atom stereocenters. The monoisotopic (exact) mass is 250 g/mol. The van der Waals surface area contributed by atoms with Gasteiger partial charge >= 0.3 is 0 Å². The molecule has 0 aliphatic heterocycles. The summed E-state index contributed by atoms with van der Waals surface area (Å²) in [6.07, 6.45) is 7.24. The van der Waals surface area contributed by atoms with Crippen LogP contribution in [0.4, 0.5) is 11.6 Å². The van der Waals surface area contributed by atoms with Crippen molar-refractivity contribution in [2.24, 2.45) is 0 Å². The highest BCUT2D eigenvalue weighted by atomic mass is 15.2. The second kappa shape index (κ2) is 7.90. The zero-order chi connectivity index (χ0) is 13.4. The number of hydrogen-bond donors (Lipinski definition) is 1. The van der Waals surface area contributed by atoms with Crippen LogP contribution in [0.1, 0.15) is 52.0 Å². The van der Waals surface area contributed by atoms with Gasteiger partial charge in [0.05, 0.1) is 0 Å². The van der Waals surface area contributed by atoms with E-state index in [2.05, 4.69) is 35.6 Å². The van der Waals surface area contributed by atoms with Crippen LogP contribution in [0, 0.1) is 0 Å². The minimum absolute atomic E-state index is 0.625. The summed E-state index contributed by atoms with van der Waals surface area (Å²) in [5, 5.41) is 0. The molecule has 1 aromatic rings. The van der Waals surface area contributed by atoms with Gasteiger partial charge in [-0.15, -0.1) is 0 Å². The van der Waals surface area contributed by atoms with Crippen LogP contribution in [0.2, 0.25) is 0 Å². The fourth-order valence-corrected chi connectivity index (χ4v) is 2.05. The summed E-state index contributed by atoms with van der Waals surface area (Å²) in [6.45, 7) is 8.65. The number of rotatable bonds is 8. The maximum Gasteiger partial charge on any atom is 0.137 e. The highest BCUT2D eigenvalue weighted by Crippen LogP contribution is 2.22. The molecule has 1 aromatic heterocycles. The first kappa shape index (κ1) is 14.7. The minimum atomic E-state index is 0.625. The summed E-state index contributed by atoms with van der Waals surface area (Å²) in [7, 11) is 0. The number of nitrogens with two attached hydrogens (primary N) is 1. The van der Waals surface area contributed by atoms with Gasteiger partial charge in [-0.3, -0.25) is 0 Å². The number of hydrogen-bond acceptors (Lipinski definition) is 4. The fraction of sp³-hybridized carbons (Fsp3) is 0.714. The lowest BCUT2D eigenvalue weighted by Gasteiger charge is -2.25. The molecule has 0 aliphatic rings. The number of unbranched alkanes of at least 4 members (excludes halogenated alkanes) is 2. The van der Waals surface area contributed by atoms with Gasteiger partial charge in [0.15, 0.2) is 0 Å². The van der Waals surface area contributed by atoms with Crippen LogP contribution in [-0.4, -0.2) is 23.1 Å². The van der Waals surface area contributed by atoms with E-state index in [0.717, 1.165) is 30.9 Å². The van der Waals surface area contributed by atoms with Crippen molar-refractivity contribution >= 4 is 11.6 Å². The standard InChI is InChI=1S/C14H26N4/c1-4-7-9-18(10-8-5-2)14-12(6-3)13(15)16-11-17-14/h11H,4-10H2,1-3H3,(H2,15,16,17). The smallest absolute Gasteiger partial charge is 0.137 e. The highest BCUT2D eigenvalue weighted by Gasteiger charge is 2.14. The van der Waals surface area contributed by atoms with E-state index in [-0.39, 0.29) is 0 Å². The number of anilines is 2. The number of aromatic nitrogens is 2. The Balaban J connectivity index is 2.91. The molecule has 0 spiro atoms. The third-order valence-electron chi connectivity index (χ3n) is 3.17. The molecule has 0 saturated carbocycles. The summed E-state index contributed by atoms with van der Waals surface area (Å²) in [4.78, 5) is 10.9. The molecule has 0 saturated heterocycles. The molecule has 102 valence electrons. The second-order valence-corrected chi connectivity index (χ2v) is 4.61. The van der Waals surface area contributed by atoms with Gasteiger partial charge < -0.3 is 10.6 Å². The van der Waals surface area contributed by atoms with Gasteiger partial charge in [-0.1, -0.05) is 33.6 Å². The van der Waals surface area contributed by atoms with E-state index in [0.29, 0.717) is 5.82 Å². The molecule has 18 heavy (non-hydrogen) atoms. The number of nitrogen functional groups attached to an aromatic ring is 1. The van der Waals surface area contributed by atoms with Crippen molar-refractivity contribution < 1.29 is 0 Å². The molecular weight excluding hydrogens is 224 g/mol. The zero-order valence-electron chi connectivity index (χ0n) is 11.9. The van der Waals surface area contributed by atoms with Crippen molar-refractivity contribution in [1.82, 2.24) is 9.97 Å². The van der Waals surface area contributed by atoms with Crippen molar-refractivity contribution in [3.05, 3.63) is 11.9 Å². The third-order valence-corrected chi connectivity index (χ3v) is 3.17. The molecule has 0 atom stereocenters. The fourth-order valence-electron chi connectivity index (χ4n) is 2.05. The second-order valence-electron chi connectivity index (χ2n) is 4.61. The van der Waals surface area contributed by atoms with Crippen molar-refractivity contribution in [2.75, 3.05) is 23.7 Å². The molecule has 2 N–H and O–H groups in total. The van der Waals surface area contributed by atoms with Gasteiger partial charge in [0.1, 0.15) is 18.0 Å². The maximum absolute atomic E-state index is 5.95. The zero-order valence-corrected chi connectivity index (χ0v) is 11.9. The lowest BCUT2D eigenvalue weighted by Crippen LogP contribution is -2.28. The Morgan fingerprint density at radius 2 is 1.67 bits per heavy atom. The Kier molecular flexibility index (Phi) is 6.47. The average molecular weight is 250 g/mol. The summed E-state index contributed by atoms with van der Waals surface area (Å²) < 4.78 is 0. The van der Waals surface area contributed by atoms with Crippen LogP contribution in [0.3, 0.4) is 0 Å². The summed E-state index contributed by atoms with van der Waals surface area (Å²) in [5.74, 6) is 1.66. The van der Waals surface area contributed by atoms with Crippen LogP contribution in [-0.2, 0) is 6.42 Å². The van der Waals surface area contributed by atoms with Crippen LogP contribution in [0.5, 0.6) is 0 Å². The average Bonchev–Trinajstić information content (AvgIpc) is 2.39. The minimum Gasteiger partial charge on any atom is -0.383 e. The molecule has 0 amide bonds. The molecule has 0 aliphatic carbocycles. The van der Waals surface area contributed by atoms with E-state index in [1.165, 1.54) is 25.7 Å². The lowest BCUT2D eigenvalue weighted by molar-refractivity contribution is 0.667. The van der Waals surface area contributed by atoms with E-state index in [9.17, 15) is 0 Å². The first-order valence-corrected chi connectivity index (χ1v) is 7.08. The Hall–Kier alpha value is -1.32. The molecule has 1 heterocycles. The molecular formula is C14H26N4. The normalized spacial score (nSPS) is 10.6.